The third-order valence-corrected chi connectivity index (χ3v) is 1.42. The summed E-state index contributed by atoms with van der Waals surface area (Å²) in [7, 11) is 3.76. The van der Waals surface area contributed by atoms with E-state index in [1.807, 2.05) is 14.1 Å². The summed E-state index contributed by atoms with van der Waals surface area (Å²) in [5.41, 5.74) is 0. The smallest absolute Gasteiger partial charge is 0.317 e. The lowest BCUT2D eigenvalue weighted by Gasteiger charge is -2.03. The summed E-state index contributed by atoms with van der Waals surface area (Å²) in [6, 6.07) is 0.575. The Hall–Kier alpha value is -1.06. The van der Waals surface area contributed by atoms with Crippen LogP contribution in [0.25, 0.3) is 0 Å². The Kier molecular flexibility index (Phi) is 2.68. The van der Waals surface area contributed by atoms with Crippen molar-refractivity contribution in [1.82, 2.24) is 10.2 Å². The van der Waals surface area contributed by atoms with Crippen LogP contribution in [0.3, 0.4) is 0 Å². The topological polar surface area (TPSA) is 42.2 Å². The van der Waals surface area contributed by atoms with Crippen LogP contribution in [0.4, 0.5) is 6.01 Å². The summed E-state index contributed by atoms with van der Waals surface area (Å²) in [6.45, 7) is 4.25. The molecule has 0 unspecified atom stereocenters. The lowest BCUT2D eigenvalue weighted by molar-refractivity contribution is 0.459. The van der Waals surface area contributed by atoms with Crippen LogP contribution < -0.4 is 4.90 Å². The molecule has 4 nitrogen and oxygen atoms in total. The van der Waals surface area contributed by atoms with Crippen molar-refractivity contribution in [2.24, 2.45) is 5.92 Å². The highest BCUT2D eigenvalue weighted by Gasteiger charge is 2.08. The molecule has 0 amide bonds. The third-order valence-electron chi connectivity index (χ3n) is 1.42. The van der Waals surface area contributed by atoms with Gasteiger partial charge in [0.1, 0.15) is 0 Å². The van der Waals surface area contributed by atoms with Crippen LogP contribution in [0, 0.1) is 5.92 Å². The van der Waals surface area contributed by atoms with Crippen LogP contribution >= 0.6 is 0 Å². The molecular weight excluding hydrogens is 154 g/mol. The zero-order valence-electron chi connectivity index (χ0n) is 8.03. The van der Waals surface area contributed by atoms with E-state index in [-0.39, 0.29) is 0 Å². The Balaban J connectivity index is 2.64. The van der Waals surface area contributed by atoms with Crippen LogP contribution in [0.1, 0.15) is 19.7 Å². The Morgan fingerprint density at radius 3 is 2.42 bits per heavy atom. The molecule has 12 heavy (non-hydrogen) atoms. The first kappa shape index (κ1) is 9.03. The van der Waals surface area contributed by atoms with Crippen LogP contribution in [-0.2, 0) is 6.42 Å². The van der Waals surface area contributed by atoms with Crippen molar-refractivity contribution in [3.63, 3.8) is 0 Å². The van der Waals surface area contributed by atoms with E-state index in [0.717, 1.165) is 6.42 Å². The molecule has 1 aromatic rings. The average molecular weight is 169 g/mol. The van der Waals surface area contributed by atoms with Gasteiger partial charge in [0.05, 0.1) is 0 Å². The van der Waals surface area contributed by atoms with Gasteiger partial charge in [-0.15, -0.1) is 5.10 Å². The van der Waals surface area contributed by atoms with Crippen molar-refractivity contribution in [3.8, 4) is 0 Å². The molecule has 1 heterocycles. The van der Waals surface area contributed by atoms with Gasteiger partial charge in [-0.05, 0) is 5.92 Å². The number of rotatable bonds is 3. The van der Waals surface area contributed by atoms with Gasteiger partial charge in [-0.25, -0.2) is 0 Å². The molecule has 4 heteroatoms. The molecule has 68 valence electrons. The molecule has 0 aliphatic carbocycles. The highest BCUT2D eigenvalue weighted by molar-refractivity contribution is 5.19. The van der Waals surface area contributed by atoms with Crippen LogP contribution in [0.2, 0.25) is 0 Å². The fourth-order valence-corrected chi connectivity index (χ4v) is 0.857. The number of nitrogens with zero attached hydrogens (tertiary/aromatic N) is 3. The van der Waals surface area contributed by atoms with E-state index < -0.39 is 0 Å². The van der Waals surface area contributed by atoms with Gasteiger partial charge < -0.3 is 9.32 Å². The van der Waals surface area contributed by atoms with Gasteiger partial charge in [-0.2, -0.15) is 0 Å². The summed E-state index contributed by atoms with van der Waals surface area (Å²) in [5.74, 6) is 1.27. The molecule has 0 bridgehead atoms. The second-order valence-corrected chi connectivity index (χ2v) is 3.47. The summed E-state index contributed by atoms with van der Waals surface area (Å²) < 4.78 is 5.36. The maximum Gasteiger partial charge on any atom is 0.317 e. The van der Waals surface area contributed by atoms with Crippen molar-refractivity contribution >= 4 is 6.01 Å². The van der Waals surface area contributed by atoms with Crippen molar-refractivity contribution in [3.05, 3.63) is 5.89 Å². The first-order chi connectivity index (χ1) is 5.59. The van der Waals surface area contributed by atoms with Crippen molar-refractivity contribution in [2.45, 2.75) is 20.3 Å². The fourth-order valence-electron chi connectivity index (χ4n) is 0.857. The Morgan fingerprint density at radius 1 is 1.33 bits per heavy atom. The predicted octanol–water partition coefficient (Wildman–Crippen LogP) is 1.33. The minimum Gasteiger partial charge on any atom is -0.408 e. The molecule has 0 aromatic carbocycles. The number of aromatic nitrogens is 2. The van der Waals surface area contributed by atoms with Crippen molar-refractivity contribution in [2.75, 3.05) is 19.0 Å². The SMILES string of the molecule is CC(C)Cc1nnc(N(C)C)o1. The lowest BCUT2D eigenvalue weighted by Crippen LogP contribution is -2.08. The van der Waals surface area contributed by atoms with E-state index in [1.54, 1.807) is 4.90 Å². The highest BCUT2D eigenvalue weighted by atomic mass is 16.4. The molecule has 0 N–H and O–H groups in total. The second-order valence-electron chi connectivity index (χ2n) is 3.47. The van der Waals surface area contributed by atoms with E-state index in [2.05, 4.69) is 24.0 Å². The molecule has 0 fully saturated rings. The summed E-state index contributed by atoms with van der Waals surface area (Å²) in [6.07, 6.45) is 0.848. The van der Waals surface area contributed by atoms with Crippen molar-refractivity contribution < 1.29 is 4.42 Å². The van der Waals surface area contributed by atoms with E-state index in [9.17, 15) is 0 Å². The molecule has 0 saturated heterocycles. The molecule has 1 aromatic heterocycles. The summed E-state index contributed by atoms with van der Waals surface area (Å²) in [4.78, 5) is 1.80. The Labute approximate surface area is 72.6 Å². The molecule has 0 radical (unpaired) electrons. The zero-order chi connectivity index (χ0) is 9.14. The predicted molar refractivity (Wildman–Crippen MR) is 47.2 cm³/mol. The zero-order valence-corrected chi connectivity index (χ0v) is 8.03. The van der Waals surface area contributed by atoms with Crippen molar-refractivity contribution in [1.29, 1.82) is 0 Å². The first-order valence-corrected chi connectivity index (χ1v) is 4.09. The van der Waals surface area contributed by atoms with E-state index >= 15 is 0 Å². The monoisotopic (exact) mass is 169 g/mol. The maximum atomic E-state index is 5.36. The average Bonchev–Trinajstić information content (AvgIpc) is 2.34. The molecule has 0 aliphatic rings. The quantitative estimate of drug-likeness (QED) is 0.684. The third kappa shape index (κ3) is 2.22. The van der Waals surface area contributed by atoms with Crippen LogP contribution in [0.5, 0.6) is 0 Å². The Morgan fingerprint density at radius 2 is 2.00 bits per heavy atom. The molecule has 0 spiro atoms. The summed E-state index contributed by atoms with van der Waals surface area (Å²) >= 11 is 0. The molecule has 1 rings (SSSR count). The minimum atomic E-state index is 0.556. The van der Waals surface area contributed by atoms with E-state index in [0.29, 0.717) is 17.8 Å². The molecule has 0 atom stereocenters. The number of hydrogen-bond acceptors (Lipinski definition) is 4. The standard InChI is InChI=1S/C8H15N3O/c1-6(2)5-7-9-10-8(12-7)11(3)4/h6H,5H2,1-4H3. The van der Waals surface area contributed by atoms with Gasteiger partial charge in [0.2, 0.25) is 5.89 Å². The Bertz CT molecular complexity index is 242. The van der Waals surface area contributed by atoms with Gasteiger partial charge in [0, 0.05) is 20.5 Å². The van der Waals surface area contributed by atoms with E-state index in [4.69, 9.17) is 4.42 Å². The number of anilines is 1. The molecular formula is C8H15N3O. The molecule has 0 aliphatic heterocycles. The summed E-state index contributed by atoms with van der Waals surface area (Å²) in [5, 5.41) is 7.80. The first-order valence-electron chi connectivity index (χ1n) is 4.09. The van der Waals surface area contributed by atoms with Crippen LogP contribution in [-0.4, -0.2) is 24.3 Å². The number of hydrogen-bond donors (Lipinski definition) is 0. The van der Waals surface area contributed by atoms with Gasteiger partial charge in [0.15, 0.2) is 0 Å². The normalized spacial score (nSPS) is 10.8. The van der Waals surface area contributed by atoms with Gasteiger partial charge in [-0.1, -0.05) is 18.9 Å². The largest absolute Gasteiger partial charge is 0.408 e. The van der Waals surface area contributed by atoms with Gasteiger partial charge >= 0.3 is 6.01 Å². The molecule has 0 saturated carbocycles. The maximum absolute atomic E-state index is 5.36. The fraction of sp³-hybridized carbons (Fsp3) is 0.750. The van der Waals surface area contributed by atoms with Gasteiger partial charge in [-0.3, -0.25) is 0 Å². The van der Waals surface area contributed by atoms with E-state index in [1.165, 1.54) is 0 Å². The minimum absolute atomic E-state index is 0.556. The van der Waals surface area contributed by atoms with Crippen LogP contribution in [0.15, 0.2) is 4.42 Å². The van der Waals surface area contributed by atoms with Gasteiger partial charge in [0.25, 0.3) is 0 Å². The second kappa shape index (κ2) is 3.56. The lowest BCUT2D eigenvalue weighted by atomic mass is 10.1. The highest BCUT2D eigenvalue weighted by Crippen LogP contribution is 2.11.